The Hall–Kier alpha value is -11.8. The molecular weight excluding hydrogens is 1330 g/mol. The van der Waals surface area contributed by atoms with E-state index in [-0.39, 0.29) is 95.1 Å². The van der Waals surface area contributed by atoms with Gasteiger partial charge in [-0.05, 0) is 116 Å². The Bertz CT molecular complexity index is 4270. The molecule has 0 fully saturated rings. The standard InChI is InChI=1S/C74H95N19O11/c1-42(2)63(93-70(101)58(34-43-16-4-3-5-17-43)88-67(98)59(36-45-39-83-53-22-9-6-18-49(45)53)90-66(97)57(26-15-33-82-74(79)80)86-64(95)52(76)21-14-32-81-73(77)78)71(102)87-56(25-12-13-31-75)65(96)89-60(37-46-40-84-54-23-10-7-19-50(46)54)68(99)91-61(38-47-41-85-55-24-11-8-20-51(47)55)69(100)92-62(72(103)104)35-44-27-29-48(94)30-28-44/h3-11,16-20,22-24,27-30,39-42,52,56-63,83-85,94H,12-15,21,25-26,31-38,75-76H2,1-2H3,(H,86,95)(H,87,102)(H,88,98)(H,89,96)(H,90,97)(H,91,99)(H,92,100)(H,93,101)(H,103,104)(H4,77,78,81)(H4,79,80,82)/t52-,56-,57-,58-,59-,60-,61-,62-,63-/m0/s1. The number of aromatic amines is 3. The molecule has 0 bridgehead atoms. The minimum Gasteiger partial charge on any atom is -0.508 e. The lowest BCUT2D eigenvalue weighted by Gasteiger charge is -2.29. The van der Waals surface area contributed by atoms with Crippen molar-refractivity contribution in [3.8, 4) is 5.75 Å². The number of phenols is 1. The highest BCUT2D eigenvalue weighted by atomic mass is 16.4. The van der Waals surface area contributed by atoms with E-state index < -0.39 is 114 Å². The smallest absolute Gasteiger partial charge is 0.326 e. The number of nitrogens with two attached hydrogens (primary N) is 4. The van der Waals surface area contributed by atoms with Crippen LogP contribution in [0, 0.1) is 16.7 Å². The van der Waals surface area contributed by atoms with E-state index in [1.807, 2.05) is 66.7 Å². The number of hydrogen-bond acceptors (Lipinski definition) is 14. The highest BCUT2D eigenvalue weighted by Gasteiger charge is 2.37. The van der Waals surface area contributed by atoms with Crippen LogP contribution in [-0.4, -0.2) is 164 Å². The number of aromatic nitrogens is 3. The monoisotopic (exact) mass is 1430 g/mol. The van der Waals surface area contributed by atoms with Gasteiger partial charge in [-0.3, -0.25) is 49.2 Å². The van der Waals surface area contributed by atoms with Gasteiger partial charge in [0.15, 0.2) is 11.9 Å². The Balaban J connectivity index is 1.06. The molecule has 0 aliphatic heterocycles. The third kappa shape index (κ3) is 22.9. The summed E-state index contributed by atoms with van der Waals surface area (Å²) < 4.78 is 0. The van der Waals surface area contributed by atoms with Crippen LogP contribution in [0.25, 0.3) is 32.7 Å². The van der Waals surface area contributed by atoms with E-state index in [4.69, 9.17) is 33.8 Å². The number of carboxylic acid groups (broad SMARTS) is 1. The van der Waals surface area contributed by atoms with Crippen LogP contribution in [0.15, 0.2) is 146 Å². The quantitative estimate of drug-likeness (QED) is 0.0148. The summed E-state index contributed by atoms with van der Waals surface area (Å²) in [5.74, 6) is -9.01. The number of aromatic hydroxyl groups is 1. The number of aliphatic carboxylic acids is 1. The molecular formula is C74H95N19O11. The number of amides is 8. The number of guanidine groups is 2. The number of benzene rings is 5. The van der Waals surface area contributed by atoms with E-state index in [9.17, 15) is 29.4 Å². The van der Waals surface area contributed by atoms with Gasteiger partial charge in [0.2, 0.25) is 47.3 Å². The molecule has 0 unspecified atom stereocenters. The fourth-order valence-corrected chi connectivity index (χ4v) is 12.2. The third-order valence-electron chi connectivity index (χ3n) is 17.9. The molecule has 0 aliphatic carbocycles. The summed E-state index contributed by atoms with van der Waals surface area (Å²) in [5.41, 5.74) is 28.3. The predicted molar refractivity (Wildman–Crippen MR) is 395 cm³/mol. The van der Waals surface area contributed by atoms with Crippen LogP contribution in [0.4, 0.5) is 0 Å². The second-order valence-electron chi connectivity index (χ2n) is 26.1. The molecule has 104 heavy (non-hydrogen) atoms. The van der Waals surface area contributed by atoms with Crippen LogP contribution < -0.4 is 76.1 Å². The van der Waals surface area contributed by atoms with Crippen molar-refractivity contribution in [2.75, 3.05) is 19.6 Å². The lowest BCUT2D eigenvalue weighted by Crippen LogP contribution is -2.61. The molecule has 3 heterocycles. The summed E-state index contributed by atoms with van der Waals surface area (Å²) in [4.78, 5) is 141. The number of hydrogen-bond donors (Lipinski definition) is 21. The SMILES string of the molecule is CC(C)[C@H](NC(=O)[C@H](Cc1ccccc1)NC(=O)[C@H](Cc1c[nH]c2ccccc12)NC(=O)[C@H](CCCNC(=N)N)NC(=O)[C@@H](N)CCCNC(=N)N)C(=O)N[C@@H](CCCCN)C(=O)N[C@@H](Cc1c[nH]c2ccccc12)C(=O)N[C@@H](Cc1c[nH]c2ccccc12)C(=O)N[C@@H](Cc1ccc(O)cc1)C(=O)O. The molecule has 25 N–H and O–H groups in total. The summed E-state index contributed by atoms with van der Waals surface area (Å²) >= 11 is 0. The number of unbranched alkanes of at least 4 members (excludes halogenated alkanes) is 1. The van der Waals surface area contributed by atoms with Crippen LogP contribution in [0.3, 0.4) is 0 Å². The number of fused-ring (bicyclic) bond motifs is 3. The second-order valence-corrected chi connectivity index (χ2v) is 26.1. The van der Waals surface area contributed by atoms with Gasteiger partial charge in [0.25, 0.3) is 0 Å². The molecule has 8 aromatic rings. The lowest BCUT2D eigenvalue weighted by molar-refractivity contribution is -0.142. The van der Waals surface area contributed by atoms with Crippen molar-refractivity contribution < 1.29 is 53.4 Å². The number of nitrogens with one attached hydrogen (secondary N) is 15. The van der Waals surface area contributed by atoms with Gasteiger partial charge < -0.3 is 101 Å². The van der Waals surface area contributed by atoms with Crippen LogP contribution in [-0.2, 0) is 75.3 Å². The predicted octanol–water partition coefficient (Wildman–Crippen LogP) is 1.95. The molecule has 8 rings (SSSR count). The van der Waals surface area contributed by atoms with Crippen molar-refractivity contribution >= 4 is 97.9 Å². The number of phenolic OH excluding ortho intramolecular Hbond substituents is 1. The van der Waals surface area contributed by atoms with Crippen LogP contribution >= 0.6 is 0 Å². The van der Waals surface area contributed by atoms with Crippen molar-refractivity contribution in [3.63, 3.8) is 0 Å². The van der Waals surface area contributed by atoms with Crippen LogP contribution in [0.1, 0.15) is 86.6 Å². The fraction of sp³-hybridized carbons (Fsp3) is 0.365. The number of carboxylic acids is 1. The molecule has 0 saturated heterocycles. The van der Waals surface area contributed by atoms with E-state index in [2.05, 4.69) is 68.1 Å². The highest BCUT2D eigenvalue weighted by Crippen LogP contribution is 2.24. The third-order valence-corrected chi connectivity index (χ3v) is 17.9. The highest BCUT2D eigenvalue weighted by molar-refractivity contribution is 5.99. The molecule has 0 aliphatic rings. The van der Waals surface area contributed by atoms with Gasteiger partial charge in [0.05, 0.1) is 6.04 Å². The van der Waals surface area contributed by atoms with E-state index >= 15 is 24.0 Å². The molecule has 5 aromatic carbocycles. The average molecular weight is 1430 g/mol. The Morgan fingerprint density at radius 2 is 0.769 bits per heavy atom. The number of H-pyrrole nitrogens is 3. The minimum absolute atomic E-state index is 0.000961. The topological polar surface area (TPSA) is 514 Å². The zero-order chi connectivity index (χ0) is 74.8. The second kappa shape index (κ2) is 38.3. The maximum absolute atomic E-state index is 15.2. The number of para-hydroxylation sites is 3. The Morgan fingerprint density at radius 1 is 0.413 bits per heavy atom. The summed E-state index contributed by atoms with van der Waals surface area (Å²) in [6.45, 7) is 3.99. The summed E-state index contributed by atoms with van der Waals surface area (Å²) in [5, 5.41) is 65.4. The average Bonchev–Trinajstić information content (AvgIpc) is 1.69. The van der Waals surface area contributed by atoms with Gasteiger partial charge in [0.1, 0.15) is 54.1 Å². The molecule has 0 saturated carbocycles. The van der Waals surface area contributed by atoms with Gasteiger partial charge in [-0.15, -0.1) is 0 Å². The zero-order valence-electron chi connectivity index (χ0n) is 58.1. The number of carbonyl (C=O) groups is 9. The molecule has 8 amide bonds. The molecule has 0 radical (unpaired) electrons. The number of carbonyl (C=O) groups excluding carboxylic acids is 8. The summed E-state index contributed by atoms with van der Waals surface area (Å²) in [7, 11) is 0. The van der Waals surface area contributed by atoms with Crippen molar-refractivity contribution in [1.29, 1.82) is 10.8 Å². The first kappa shape index (κ1) is 77.9. The van der Waals surface area contributed by atoms with Crippen molar-refractivity contribution in [1.82, 2.24) is 68.1 Å². The van der Waals surface area contributed by atoms with Crippen molar-refractivity contribution in [2.45, 2.75) is 145 Å². The van der Waals surface area contributed by atoms with E-state index in [0.29, 0.717) is 47.1 Å². The largest absolute Gasteiger partial charge is 0.508 e. The number of rotatable bonds is 40. The van der Waals surface area contributed by atoms with Crippen molar-refractivity contribution in [2.24, 2.45) is 28.9 Å². The van der Waals surface area contributed by atoms with Gasteiger partial charge in [-0.25, -0.2) is 4.79 Å². The first-order valence-corrected chi connectivity index (χ1v) is 34.7. The van der Waals surface area contributed by atoms with Crippen LogP contribution in [0.5, 0.6) is 5.75 Å². The normalized spacial score (nSPS) is 13.9. The van der Waals surface area contributed by atoms with Crippen LogP contribution in [0.2, 0.25) is 0 Å². The molecule has 552 valence electrons. The summed E-state index contributed by atoms with van der Waals surface area (Å²) in [6, 6.07) is 24.2. The Kier molecular flexibility index (Phi) is 28.7. The fourth-order valence-electron chi connectivity index (χ4n) is 12.2. The van der Waals surface area contributed by atoms with Gasteiger partial charge in [-0.2, -0.15) is 0 Å². The maximum Gasteiger partial charge on any atom is 0.326 e. The van der Waals surface area contributed by atoms with E-state index in [0.717, 1.165) is 32.7 Å². The first-order chi connectivity index (χ1) is 49.9. The molecule has 9 atom stereocenters. The molecule has 0 spiro atoms. The zero-order valence-corrected chi connectivity index (χ0v) is 58.1. The maximum atomic E-state index is 15.2. The van der Waals surface area contributed by atoms with Gasteiger partial charge in [0, 0.05) is 96.5 Å². The van der Waals surface area contributed by atoms with Gasteiger partial charge in [-0.1, -0.05) is 111 Å². The Morgan fingerprint density at radius 3 is 1.20 bits per heavy atom. The molecule has 30 heteroatoms. The summed E-state index contributed by atoms with van der Waals surface area (Å²) in [6.07, 6.45) is 5.85. The van der Waals surface area contributed by atoms with Gasteiger partial charge >= 0.3 is 5.97 Å². The molecule has 30 nitrogen and oxygen atoms in total. The minimum atomic E-state index is -1.48. The first-order valence-electron chi connectivity index (χ1n) is 34.7. The van der Waals surface area contributed by atoms with E-state index in [1.165, 1.54) is 24.3 Å². The van der Waals surface area contributed by atoms with E-state index in [1.54, 1.807) is 68.8 Å². The molecule has 3 aromatic heterocycles. The lowest BCUT2D eigenvalue weighted by atomic mass is 9.98. The Labute approximate surface area is 600 Å². The van der Waals surface area contributed by atoms with Crippen molar-refractivity contribution in [3.05, 3.63) is 174 Å².